The van der Waals surface area contributed by atoms with Crippen LogP contribution in [0.4, 0.5) is 5.69 Å². The van der Waals surface area contributed by atoms with Gasteiger partial charge in [0.05, 0.1) is 23.7 Å². The Morgan fingerprint density at radius 1 is 1.23 bits per heavy atom. The first kappa shape index (κ1) is 18.2. The third-order valence-electron chi connectivity index (χ3n) is 3.53. The van der Waals surface area contributed by atoms with Crippen molar-refractivity contribution in [2.75, 3.05) is 12.4 Å². The number of hydrogen-bond acceptors (Lipinski definition) is 6. The highest BCUT2D eigenvalue weighted by Crippen LogP contribution is 2.27. The summed E-state index contributed by atoms with van der Waals surface area (Å²) in [6.07, 6.45) is 0. The molecule has 0 spiro atoms. The molecule has 0 saturated carbocycles. The molecule has 0 aliphatic carbocycles. The summed E-state index contributed by atoms with van der Waals surface area (Å²) in [7, 11) is 1.56. The number of aromatic nitrogens is 4. The van der Waals surface area contributed by atoms with Crippen LogP contribution in [-0.4, -0.2) is 38.5 Å². The molecule has 1 heterocycles. The van der Waals surface area contributed by atoms with Gasteiger partial charge >= 0.3 is 0 Å². The van der Waals surface area contributed by atoms with Gasteiger partial charge in [0.1, 0.15) is 5.75 Å². The molecule has 3 rings (SSSR count). The number of hydrogen-bond donors (Lipinski definition) is 1. The summed E-state index contributed by atoms with van der Waals surface area (Å²) in [6, 6.07) is 14.4. The van der Waals surface area contributed by atoms with E-state index in [0.29, 0.717) is 21.6 Å². The molecule has 0 aliphatic rings. The van der Waals surface area contributed by atoms with E-state index in [1.807, 2.05) is 24.3 Å². The standard InChI is InChI=1S/C17H16ClN5O2S/c1-11(16(24)19-14-5-3-4-6-15(14)25-2)26-17-20-21-22-23(17)13-9-7-12(18)8-10-13/h3-11H,1-2H3,(H,19,24). The Labute approximate surface area is 159 Å². The number of tetrazole rings is 1. The van der Waals surface area contributed by atoms with E-state index in [0.717, 1.165) is 5.69 Å². The molecule has 3 aromatic rings. The summed E-state index contributed by atoms with van der Waals surface area (Å²) in [5, 5.41) is 15.3. The number of nitrogens with zero attached hydrogens (tertiary/aromatic N) is 4. The van der Waals surface area contributed by atoms with Crippen molar-refractivity contribution in [1.82, 2.24) is 20.2 Å². The van der Waals surface area contributed by atoms with Crippen LogP contribution in [0, 0.1) is 0 Å². The van der Waals surface area contributed by atoms with Crippen LogP contribution in [0.25, 0.3) is 5.69 Å². The molecular weight excluding hydrogens is 374 g/mol. The van der Waals surface area contributed by atoms with E-state index in [1.165, 1.54) is 11.8 Å². The molecule has 1 atom stereocenters. The summed E-state index contributed by atoms with van der Waals surface area (Å²) >= 11 is 7.17. The number of nitrogens with one attached hydrogen (secondary N) is 1. The van der Waals surface area contributed by atoms with Crippen LogP contribution >= 0.6 is 23.4 Å². The van der Waals surface area contributed by atoms with Crippen molar-refractivity contribution in [2.45, 2.75) is 17.3 Å². The molecule has 134 valence electrons. The fourth-order valence-corrected chi connectivity index (χ4v) is 3.12. The van der Waals surface area contributed by atoms with Crippen LogP contribution in [0.5, 0.6) is 5.75 Å². The van der Waals surface area contributed by atoms with E-state index in [-0.39, 0.29) is 5.91 Å². The Morgan fingerprint density at radius 2 is 1.96 bits per heavy atom. The molecule has 0 aliphatic heterocycles. The normalized spacial score (nSPS) is 11.8. The molecule has 0 bridgehead atoms. The van der Waals surface area contributed by atoms with Gasteiger partial charge in [0.25, 0.3) is 0 Å². The van der Waals surface area contributed by atoms with E-state index in [9.17, 15) is 4.79 Å². The first-order valence-electron chi connectivity index (χ1n) is 7.73. The minimum absolute atomic E-state index is 0.176. The maximum absolute atomic E-state index is 12.5. The fraction of sp³-hybridized carbons (Fsp3) is 0.176. The van der Waals surface area contributed by atoms with Gasteiger partial charge in [-0.05, 0) is 53.7 Å². The monoisotopic (exact) mass is 389 g/mol. The summed E-state index contributed by atoms with van der Waals surface area (Å²) in [4.78, 5) is 12.5. The highest BCUT2D eigenvalue weighted by atomic mass is 35.5. The number of rotatable bonds is 6. The average Bonchev–Trinajstić information content (AvgIpc) is 3.10. The third-order valence-corrected chi connectivity index (χ3v) is 4.81. The lowest BCUT2D eigenvalue weighted by atomic mass is 10.3. The van der Waals surface area contributed by atoms with Crippen LogP contribution in [0.3, 0.4) is 0 Å². The third kappa shape index (κ3) is 4.14. The molecule has 7 nitrogen and oxygen atoms in total. The number of methoxy groups -OCH3 is 1. The van der Waals surface area contributed by atoms with Crippen molar-refractivity contribution in [2.24, 2.45) is 0 Å². The predicted molar refractivity (Wildman–Crippen MR) is 101 cm³/mol. The second-order valence-electron chi connectivity index (χ2n) is 5.30. The first-order chi connectivity index (χ1) is 12.6. The number of halogens is 1. The SMILES string of the molecule is COc1ccccc1NC(=O)C(C)Sc1nnnn1-c1ccc(Cl)cc1. The number of benzene rings is 2. The number of anilines is 1. The van der Waals surface area contributed by atoms with Crippen LogP contribution in [-0.2, 0) is 4.79 Å². The highest BCUT2D eigenvalue weighted by molar-refractivity contribution is 8.00. The zero-order valence-corrected chi connectivity index (χ0v) is 15.7. The predicted octanol–water partition coefficient (Wildman–Crippen LogP) is 3.44. The molecule has 0 radical (unpaired) electrons. The Balaban J connectivity index is 1.72. The second-order valence-corrected chi connectivity index (χ2v) is 7.04. The summed E-state index contributed by atoms with van der Waals surface area (Å²) in [5.41, 5.74) is 1.38. The Bertz CT molecular complexity index is 900. The van der Waals surface area contributed by atoms with Gasteiger partial charge < -0.3 is 10.1 Å². The smallest absolute Gasteiger partial charge is 0.237 e. The lowest BCUT2D eigenvalue weighted by Gasteiger charge is -2.13. The Kier molecular flexibility index (Phi) is 5.75. The molecule has 2 aromatic carbocycles. The van der Waals surface area contributed by atoms with Gasteiger partial charge in [-0.1, -0.05) is 35.5 Å². The zero-order chi connectivity index (χ0) is 18.5. The van der Waals surface area contributed by atoms with Gasteiger partial charge in [0.2, 0.25) is 11.1 Å². The summed E-state index contributed by atoms with van der Waals surface area (Å²) in [5.74, 6) is 0.425. The van der Waals surface area contributed by atoms with E-state index < -0.39 is 5.25 Å². The van der Waals surface area contributed by atoms with Crippen LogP contribution in [0.15, 0.2) is 53.7 Å². The molecule has 0 saturated heterocycles. The highest BCUT2D eigenvalue weighted by Gasteiger charge is 2.20. The number of ether oxygens (including phenoxy) is 1. The molecule has 9 heteroatoms. The minimum Gasteiger partial charge on any atom is -0.495 e. The van der Waals surface area contributed by atoms with Crippen molar-refractivity contribution in [3.05, 3.63) is 53.6 Å². The second kappa shape index (κ2) is 8.20. The van der Waals surface area contributed by atoms with Gasteiger partial charge in [-0.2, -0.15) is 4.68 Å². The van der Waals surface area contributed by atoms with E-state index in [1.54, 1.807) is 43.0 Å². The average molecular weight is 390 g/mol. The Hall–Kier alpha value is -2.58. The molecule has 1 N–H and O–H groups in total. The van der Waals surface area contributed by atoms with Gasteiger partial charge in [0.15, 0.2) is 0 Å². The summed E-state index contributed by atoms with van der Waals surface area (Å²) in [6.45, 7) is 1.79. The topological polar surface area (TPSA) is 81.9 Å². The van der Waals surface area contributed by atoms with Crippen molar-refractivity contribution in [3.63, 3.8) is 0 Å². The first-order valence-corrected chi connectivity index (χ1v) is 8.99. The van der Waals surface area contributed by atoms with Crippen molar-refractivity contribution < 1.29 is 9.53 Å². The molecule has 1 aromatic heterocycles. The van der Waals surface area contributed by atoms with Crippen LogP contribution in [0.2, 0.25) is 5.02 Å². The van der Waals surface area contributed by atoms with Gasteiger partial charge in [-0.25, -0.2) is 0 Å². The molecule has 1 amide bonds. The number of amides is 1. The molecule has 1 unspecified atom stereocenters. The van der Waals surface area contributed by atoms with Gasteiger partial charge in [-0.3, -0.25) is 4.79 Å². The largest absolute Gasteiger partial charge is 0.495 e. The van der Waals surface area contributed by atoms with E-state index in [2.05, 4.69) is 20.8 Å². The zero-order valence-electron chi connectivity index (χ0n) is 14.1. The summed E-state index contributed by atoms with van der Waals surface area (Å²) < 4.78 is 6.81. The van der Waals surface area contributed by atoms with Crippen molar-refractivity contribution >= 4 is 35.0 Å². The van der Waals surface area contributed by atoms with Crippen LogP contribution in [0.1, 0.15) is 6.92 Å². The van der Waals surface area contributed by atoms with E-state index in [4.69, 9.17) is 16.3 Å². The lowest BCUT2D eigenvalue weighted by molar-refractivity contribution is -0.115. The maximum atomic E-state index is 12.5. The van der Waals surface area contributed by atoms with Gasteiger partial charge in [0, 0.05) is 5.02 Å². The number of thioether (sulfide) groups is 1. The van der Waals surface area contributed by atoms with Gasteiger partial charge in [-0.15, -0.1) is 5.10 Å². The molecule has 0 fully saturated rings. The quantitative estimate of drug-likeness (QED) is 0.650. The van der Waals surface area contributed by atoms with Crippen LogP contribution < -0.4 is 10.1 Å². The number of carbonyl (C=O) groups excluding carboxylic acids is 1. The van der Waals surface area contributed by atoms with Crippen molar-refractivity contribution in [3.8, 4) is 11.4 Å². The molecular formula is C17H16ClN5O2S. The Morgan fingerprint density at radius 3 is 2.69 bits per heavy atom. The molecule has 26 heavy (non-hydrogen) atoms. The maximum Gasteiger partial charge on any atom is 0.237 e. The lowest BCUT2D eigenvalue weighted by Crippen LogP contribution is -2.23. The number of carbonyl (C=O) groups is 1. The minimum atomic E-state index is -0.419. The van der Waals surface area contributed by atoms with Crippen molar-refractivity contribution in [1.29, 1.82) is 0 Å². The van der Waals surface area contributed by atoms with E-state index >= 15 is 0 Å². The number of para-hydroxylation sites is 2. The fourth-order valence-electron chi connectivity index (χ4n) is 2.19.